The lowest BCUT2D eigenvalue weighted by molar-refractivity contribution is -0.394. The molecular weight excluding hydrogens is 300 g/mol. The molecule has 0 spiro atoms. The molecule has 7 heteroatoms. The number of phenolic OH excluding ortho intramolecular Hbond substituents is 1. The minimum Gasteiger partial charge on any atom is -0.502 e. The number of nitrogens with zero attached hydrogens (tertiary/aromatic N) is 2. The van der Waals surface area contributed by atoms with Gasteiger partial charge in [0.15, 0.2) is 5.75 Å². The predicted molar refractivity (Wildman–Crippen MR) is 87.5 cm³/mol. The van der Waals surface area contributed by atoms with Gasteiger partial charge in [0.2, 0.25) is 0 Å². The normalized spacial score (nSPS) is 11.2. The van der Waals surface area contributed by atoms with Crippen molar-refractivity contribution in [2.24, 2.45) is 0 Å². The monoisotopic (exact) mass is 320 g/mol. The Labute approximate surface area is 134 Å². The van der Waals surface area contributed by atoms with Gasteiger partial charge < -0.3 is 5.11 Å². The van der Waals surface area contributed by atoms with Crippen LogP contribution in [0.3, 0.4) is 0 Å². The number of nitro groups is 2. The Bertz CT molecular complexity index is 673. The summed E-state index contributed by atoms with van der Waals surface area (Å²) in [5.74, 6) is -0.519. The quantitative estimate of drug-likeness (QED) is 0.454. The molecule has 0 heterocycles. The van der Waals surface area contributed by atoms with E-state index in [1.807, 2.05) is 26.8 Å². The zero-order valence-corrected chi connectivity index (χ0v) is 13.4. The third kappa shape index (κ3) is 5.54. The average Bonchev–Trinajstić information content (AvgIpc) is 2.45. The van der Waals surface area contributed by atoms with Crippen LogP contribution in [0.1, 0.15) is 39.2 Å². The highest BCUT2D eigenvalue weighted by atomic mass is 16.6. The van der Waals surface area contributed by atoms with Gasteiger partial charge in [-0.05, 0) is 40.0 Å². The van der Waals surface area contributed by atoms with Gasteiger partial charge in [-0.3, -0.25) is 20.2 Å². The van der Waals surface area contributed by atoms with E-state index in [2.05, 4.69) is 6.08 Å². The highest BCUT2D eigenvalue weighted by Gasteiger charge is 2.23. The van der Waals surface area contributed by atoms with Crippen molar-refractivity contribution < 1.29 is 15.0 Å². The Morgan fingerprint density at radius 1 is 1.13 bits per heavy atom. The van der Waals surface area contributed by atoms with Crippen LogP contribution in [0.2, 0.25) is 0 Å². The van der Waals surface area contributed by atoms with Gasteiger partial charge in [-0.25, -0.2) is 0 Å². The Morgan fingerprint density at radius 3 is 2.30 bits per heavy atom. The molecule has 1 N–H and O–H groups in total. The molecule has 0 fully saturated rings. The zero-order chi connectivity index (χ0) is 17.6. The number of phenols is 1. The molecule has 0 aliphatic rings. The molecule has 0 saturated carbocycles. The maximum absolute atomic E-state index is 10.9. The van der Waals surface area contributed by atoms with Crippen LogP contribution >= 0.6 is 0 Å². The molecule has 0 aliphatic heterocycles. The van der Waals surface area contributed by atoms with Crippen LogP contribution < -0.4 is 0 Å². The third-order valence-electron chi connectivity index (χ3n) is 3.32. The average molecular weight is 320 g/mol. The van der Waals surface area contributed by atoms with Crippen molar-refractivity contribution in [3.05, 3.63) is 61.2 Å². The summed E-state index contributed by atoms with van der Waals surface area (Å²) in [5, 5.41) is 31.7. The number of benzene rings is 1. The lowest BCUT2D eigenvalue weighted by Gasteiger charge is -2.04. The summed E-state index contributed by atoms with van der Waals surface area (Å²) < 4.78 is 0. The van der Waals surface area contributed by atoms with Gasteiger partial charge in [-0.15, -0.1) is 0 Å². The summed E-state index contributed by atoms with van der Waals surface area (Å²) in [5.41, 5.74) is 1.40. The molecule has 0 saturated heterocycles. The zero-order valence-electron chi connectivity index (χ0n) is 13.4. The number of rotatable bonds is 7. The van der Waals surface area contributed by atoms with E-state index in [0.717, 1.165) is 24.5 Å². The molecule has 1 aromatic carbocycles. The van der Waals surface area contributed by atoms with E-state index in [0.29, 0.717) is 0 Å². The second-order valence-corrected chi connectivity index (χ2v) is 5.56. The molecule has 7 nitrogen and oxygen atoms in total. The summed E-state index contributed by atoms with van der Waals surface area (Å²) >= 11 is 0. The molecule has 0 unspecified atom stereocenters. The minimum atomic E-state index is -0.822. The lowest BCUT2D eigenvalue weighted by atomic mass is 10.0. The maximum atomic E-state index is 10.9. The van der Waals surface area contributed by atoms with E-state index in [4.69, 9.17) is 0 Å². The van der Waals surface area contributed by atoms with Crippen molar-refractivity contribution in [1.82, 2.24) is 0 Å². The molecule has 0 aromatic heterocycles. The standard InChI is InChI=1S/C16H20N2O5/c1-11(2)5-4-6-12(3)7-8-13-9-14(17(20)21)10-15(16(13)19)18(22)23/h5,7,9-10,19H,4,6,8H2,1-3H3/b12-7+. The number of hydrogen-bond donors (Lipinski definition) is 1. The first kappa shape index (κ1) is 18.3. The van der Waals surface area contributed by atoms with Crippen LogP contribution in [-0.2, 0) is 6.42 Å². The fourth-order valence-corrected chi connectivity index (χ4v) is 2.04. The van der Waals surface area contributed by atoms with E-state index >= 15 is 0 Å². The van der Waals surface area contributed by atoms with E-state index in [9.17, 15) is 25.3 Å². The molecule has 0 aliphatic carbocycles. The Balaban J connectivity index is 3.01. The third-order valence-corrected chi connectivity index (χ3v) is 3.32. The number of hydrogen-bond acceptors (Lipinski definition) is 5. The van der Waals surface area contributed by atoms with Gasteiger partial charge in [0, 0.05) is 11.6 Å². The van der Waals surface area contributed by atoms with Gasteiger partial charge in [-0.2, -0.15) is 0 Å². The Hall–Kier alpha value is -2.70. The van der Waals surface area contributed by atoms with Gasteiger partial charge in [0.1, 0.15) is 0 Å². The van der Waals surface area contributed by atoms with Crippen LogP contribution in [0.4, 0.5) is 11.4 Å². The topological polar surface area (TPSA) is 107 Å². The summed E-state index contributed by atoms with van der Waals surface area (Å²) in [7, 11) is 0. The van der Waals surface area contributed by atoms with E-state index in [1.54, 1.807) is 0 Å². The summed E-state index contributed by atoms with van der Waals surface area (Å²) in [6, 6.07) is 1.94. The Kier molecular flexibility index (Phi) is 6.44. The fraction of sp³-hybridized carbons (Fsp3) is 0.375. The summed E-state index contributed by atoms with van der Waals surface area (Å²) in [6.45, 7) is 5.94. The number of nitro benzene ring substituents is 2. The summed E-state index contributed by atoms with van der Waals surface area (Å²) in [6.07, 6.45) is 5.83. The molecular formula is C16H20N2O5. The van der Waals surface area contributed by atoms with Gasteiger partial charge in [-0.1, -0.05) is 23.3 Å². The molecule has 124 valence electrons. The molecule has 0 radical (unpaired) electrons. The highest BCUT2D eigenvalue weighted by molar-refractivity contribution is 5.58. The van der Waals surface area contributed by atoms with E-state index in [1.165, 1.54) is 11.6 Å². The van der Waals surface area contributed by atoms with Crippen LogP contribution in [-0.4, -0.2) is 15.0 Å². The molecule has 0 amide bonds. The first-order chi connectivity index (χ1) is 10.7. The van der Waals surface area contributed by atoms with Crippen molar-refractivity contribution in [3.63, 3.8) is 0 Å². The molecule has 1 aromatic rings. The molecule has 23 heavy (non-hydrogen) atoms. The lowest BCUT2D eigenvalue weighted by Crippen LogP contribution is -1.97. The van der Waals surface area contributed by atoms with Gasteiger partial charge in [0.05, 0.1) is 15.9 Å². The van der Waals surface area contributed by atoms with Crippen LogP contribution in [0.25, 0.3) is 0 Å². The minimum absolute atomic E-state index is 0.174. The molecule has 1 rings (SSSR count). The SMILES string of the molecule is CC(C)=CCC/C(C)=C/Cc1cc([N+](=O)[O-])cc([N+](=O)[O-])c1O. The first-order valence-corrected chi connectivity index (χ1v) is 7.16. The van der Waals surface area contributed by atoms with Crippen LogP contribution in [0.15, 0.2) is 35.4 Å². The number of allylic oxidation sites excluding steroid dienone is 4. The van der Waals surface area contributed by atoms with Crippen LogP contribution in [0.5, 0.6) is 5.75 Å². The highest BCUT2D eigenvalue weighted by Crippen LogP contribution is 2.34. The fourth-order valence-electron chi connectivity index (χ4n) is 2.04. The number of non-ortho nitro benzene ring substituents is 1. The van der Waals surface area contributed by atoms with Crippen molar-refractivity contribution in [2.45, 2.75) is 40.0 Å². The van der Waals surface area contributed by atoms with Gasteiger partial charge in [0.25, 0.3) is 5.69 Å². The largest absolute Gasteiger partial charge is 0.502 e. The van der Waals surface area contributed by atoms with E-state index < -0.39 is 27.0 Å². The van der Waals surface area contributed by atoms with Crippen molar-refractivity contribution in [1.29, 1.82) is 0 Å². The van der Waals surface area contributed by atoms with Crippen molar-refractivity contribution in [3.8, 4) is 5.75 Å². The molecule has 0 atom stereocenters. The second kappa shape index (κ2) is 8.07. The second-order valence-electron chi connectivity index (χ2n) is 5.56. The Morgan fingerprint density at radius 2 is 1.78 bits per heavy atom. The maximum Gasteiger partial charge on any atom is 0.317 e. The number of aromatic hydroxyl groups is 1. The summed E-state index contributed by atoms with van der Waals surface area (Å²) in [4.78, 5) is 20.2. The molecule has 0 bridgehead atoms. The predicted octanol–water partition coefficient (Wildman–Crippen LogP) is 4.44. The van der Waals surface area contributed by atoms with Gasteiger partial charge >= 0.3 is 5.69 Å². The first-order valence-electron chi connectivity index (χ1n) is 7.16. The smallest absolute Gasteiger partial charge is 0.317 e. The van der Waals surface area contributed by atoms with Crippen LogP contribution in [0, 0.1) is 20.2 Å². The van der Waals surface area contributed by atoms with Crippen molar-refractivity contribution in [2.75, 3.05) is 0 Å². The van der Waals surface area contributed by atoms with Crippen molar-refractivity contribution >= 4 is 11.4 Å². The van der Waals surface area contributed by atoms with E-state index in [-0.39, 0.29) is 12.0 Å².